The van der Waals surface area contributed by atoms with Gasteiger partial charge < -0.3 is 10.1 Å². The smallest absolute Gasteiger partial charge is 0.126 e. The summed E-state index contributed by atoms with van der Waals surface area (Å²) in [5.41, 5.74) is 3.83. The van der Waals surface area contributed by atoms with Gasteiger partial charge in [0.1, 0.15) is 5.75 Å². The molecule has 1 aromatic rings. The predicted molar refractivity (Wildman–Crippen MR) is 58.6 cm³/mol. The molecule has 0 aromatic heterocycles. The van der Waals surface area contributed by atoms with E-state index < -0.39 is 0 Å². The molecular weight excluding hydrogens is 174 g/mol. The van der Waals surface area contributed by atoms with Gasteiger partial charge in [-0.15, -0.1) is 0 Å². The Kier molecular flexibility index (Phi) is 2.55. The average Bonchev–Trinajstić information content (AvgIpc) is 2.70. The van der Waals surface area contributed by atoms with Crippen molar-refractivity contribution in [2.75, 3.05) is 20.2 Å². The lowest BCUT2D eigenvalue weighted by Crippen LogP contribution is -2.08. The standard InChI is InChI=1S/C12H15NO/c1-9-3-4-12(14-2)11(7-9)10-5-6-13-8-10/h3-5,7,13H,6,8H2,1-2H3. The van der Waals surface area contributed by atoms with Crippen molar-refractivity contribution in [1.29, 1.82) is 0 Å². The molecule has 0 bridgehead atoms. The zero-order chi connectivity index (χ0) is 9.97. The van der Waals surface area contributed by atoms with E-state index in [1.165, 1.54) is 16.7 Å². The monoisotopic (exact) mass is 189 g/mol. The summed E-state index contributed by atoms with van der Waals surface area (Å²) in [6, 6.07) is 6.28. The van der Waals surface area contributed by atoms with E-state index in [2.05, 4.69) is 30.4 Å². The van der Waals surface area contributed by atoms with Crippen LogP contribution in [0.3, 0.4) is 0 Å². The van der Waals surface area contributed by atoms with Crippen LogP contribution in [0.1, 0.15) is 11.1 Å². The summed E-state index contributed by atoms with van der Waals surface area (Å²) in [6.45, 7) is 4.01. The zero-order valence-electron chi connectivity index (χ0n) is 8.63. The van der Waals surface area contributed by atoms with Gasteiger partial charge in [-0.05, 0) is 24.6 Å². The Hall–Kier alpha value is -1.28. The molecule has 0 amide bonds. The minimum absolute atomic E-state index is 0.944. The second kappa shape index (κ2) is 3.84. The molecule has 0 atom stereocenters. The maximum Gasteiger partial charge on any atom is 0.126 e. The van der Waals surface area contributed by atoms with Gasteiger partial charge in [0.15, 0.2) is 0 Å². The van der Waals surface area contributed by atoms with E-state index in [1.54, 1.807) is 7.11 Å². The summed E-state index contributed by atoms with van der Waals surface area (Å²) >= 11 is 0. The molecule has 2 rings (SSSR count). The predicted octanol–water partition coefficient (Wildman–Crippen LogP) is 1.99. The van der Waals surface area contributed by atoms with E-state index in [4.69, 9.17) is 4.74 Å². The third-order valence-corrected chi connectivity index (χ3v) is 2.51. The molecule has 0 saturated carbocycles. The van der Waals surface area contributed by atoms with Gasteiger partial charge in [-0.1, -0.05) is 17.7 Å². The van der Waals surface area contributed by atoms with Gasteiger partial charge in [0.2, 0.25) is 0 Å². The van der Waals surface area contributed by atoms with Crippen LogP contribution in [0.15, 0.2) is 24.3 Å². The van der Waals surface area contributed by atoms with Gasteiger partial charge in [-0.2, -0.15) is 0 Å². The maximum atomic E-state index is 5.34. The Morgan fingerprint density at radius 3 is 2.86 bits per heavy atom. The molecule has 1 heterocycles. The first-order valence-corrected chi connectivity index (χ1v) is 4.86. The van der Waals surface area contributed by atoms with E-state index in [-0.39, 0.29) is 0 Å². The van der Waals surface area contributed by atoms with E-state index in [0.717, 1.165) is 18.8 Å². The normalized spacial score (nSPS) is 15.4. The molecule has 2 heteroatoms. The third-order valence-electron chi connectivity index (χ3n) is 2.51. The molecule has 2 nitrogen and oxygen atoms in total. The van der Waals surface area contributed by atoms with Crippen LogP contribution in [-0.2, 0) is 0 Å². The minimum atomic E-state index is 0.944. The highest BCUT2D eigenvalue weighted by atomic mass is 16.5. The molecule has 0 unspecified atom stereocenters. The van der Waals surface area contributed by atoms with Gasteiger partial charge in [0, 0.05) is 18.7 Å². The number of hydrogen-bond acceptors (Lipinski definition) is 2. The Balaban J connectivity index is 2.43. The van der Waals surface area contributed by atoms with Crippen LogP contribution in [0.5, 0.6) is 5.75 Å². The summed E-state index contributed by atoms with van der Waals surface area (Å²) < 4.78 is 5.34. The van der Waals surface area contributed by atoms with E-state index >= 15 is 0 Å². The summed E-state index contributed by atoms with van der Waals surface area (Å²) in [5.74, 6) is 0.963. The summed E-state index contributed by atoms with van der Waals surface area (Å²) in [6.07, 6.45) is 2.22. The Morgan fingerprint density at radius 1 is 1.36 bits per heavy atom. The SMILES string of the molecule is COc1ccc(C)cc1C1=CCNC1. The molecule has 1 aliphatic rings. The van der Waals surface area contributed by atoms with Crippen molar-refractivity contribution in [3.05, 3.63) is 35.4 Å². The second-order valence-electron chi connectivity index (χ2n) is 3.56. The van der Waals surface area contributed by atoms with Gasteiger partial charge in [0.25, 0.3) is 0 Å². The highest BCUT2D eigenvalue weighted by Gasteiger charge is 2.11. The zero-order valence-corrected chi connectivity index (χ0v) is 8.63. The summed E-state index contributed by atoms with van der Waals surface area (Å²) in [7, 11) is 1.72. The lowest BCUT2D eigenvalue weighted by atomic mass is 10.0. The number of hydrogen-bond donors (Lipinski definition) is 1. The molecule has 0 saturated heterocycles. The Labute approximate surface area is 84.6 Å². The van der Waals surface area contributed by atoms with Crippen LogP contribution >= 0.6 is 0 Å². The van der Waals surface area contributed by atoms with Crippen LogP contribution in [-0.4, -0.2) is 20.2 Å². The largest absolute Gasteiger partial charge is 0.496 e. The van der Waals surface area contributed by atoms with Crippen molar-refractivity contribution in [3.63, 3.8) is 0 Å². The van der Waals surface area contributed by atoms with Gasteiger partial charge in [0.05, 0.1) is 7.11 Å². The van der Waals surface area contributed by atoms with Crippen LogP contribution in [0.2, 0.25) is 0 Å². The number of benzene rings is 1. The van der Waals surface area contributed by atoms with Crippen LogP contribution in [0, 0.1) is 6.92 Å². The summed E-state index contributed by atoms with van der Waals surface area (Å²) in [5, 5.41) is 3.29. The number of ether oxygens (including phenoxy) is 1. The van der Waals surface area contributed by atoms with E-state index in [0.29, 0.717) is 0 Å². The lowest BCUT2D eigenvalue weighted by molar-refractivity contribution is 0.413. The van der Waals surface area contributed by atoms with Crippen molar-refractivity contribution in [3.8, 4) is 5.75 Å². The molecule has 0 radical (unpaired) electrons. The van der Waals surface area contributed by atoms with Crippen molar-refractivity contribution in [1.82, 2.24) is 5.32 Å². The Morgan fingerprint density at radius 2 is 2.21 bits per heavy atom. The van der Waals surface area contributed by atoms with Crippen molar-refractivity contribution in [2.45, 2.75) is 6.92 Å². The van der Waals surface area contributed by atoms with Crippen molar-refractivity contribution < 1.29 is 4.74 Å². The number of methoxy groups -OCH3 is 1. The summed E-state index contributed by atoms with van der Waals surface area (Å²) in [4.78, 5) is 0. The fourth-order valence-electron chi connectivity index (χ4n) is 1.75. The van der Waals surface area contributed by atoms with E-state index in [1.807, 2.05) is 6.07 Å². The fourth-order valence-corrected chi connectivity index (χ4v) is 1.75. The number of rotatable bonds is 2. The molecule has 1 aliphatic heterocycles. The fraction of sp³-hybridized carbons (Fsp3) is 0.333. The van der Waals surface area contributed by atoms with Gasteiger partial charge in [-0.3, -0.25) is 0 Å². The molecule has 14 heavy (non-hydrogen) atoms. The Bertz CT molecular complexity index is 369. The molecular formula is C12H15NO. The molecule has 74 valence electrons. The molecule has 1 N–H and O–H groups in total. The average molecular weight is 189 g/mol. The first-order chi connectivity index (χ1) is 6.81. The van der Waals surface area contributed by atoms with Crippen LogP contribution in [0.25, 0.3) is 5.57 Å². The minimum Gasteiger partial charge on any atom is -0.496 e. The molecule has 1 aromatic carbocycles. The maximum absolute atomic E-state index is 5.34. The van der Waals surface area contributed by atoms with Crippen LogP contribution in [0.4, 0.5) is 0 Å². The van der Waals surface area contributed by atoms with E-state index in [9.17, 15) is 0 Å². The second-order valence-corrected chi connectivity index (χ2v) is 3.56. The first kappa shape index (κ1) is 9.28. The first-order valence-electron chi connectivity index (χ1n) is 4.86. The van der Waals surface area contributed by atoms with Gasteiger partial charge in [-0.25, -0.2) is 0 Å². The number of aryl methyl sites for hydroxylation is 1. The quantitative estimate of drug-likeness (QED) is 0.768. The third kappa shape index (κ3) is 1.66. The lowest BCUT2D eigenvalue weighted by Gasteiger charge is -2.09. The highest BCUT2D eigenvalue weighted by Crippen LogP contribution is 2.27. The molecule has 0 aliphatic carbocycles. The molecule has 0 fully saturated rings. The molecule has 0 spiro atoms. The van der Waals surface area contributed by atoms with Gasteiger partial charge >= 0.3 is 0 Å². The number of nitrogens with one attached hydrogen (secondary N) is 1. The van der Waals surface area contributed by atoms with Crippen molar-refractivity contribution in [2.24, 2.45) is 0 Å². The topological polar surface area (TPSA) is 21.3 Å². The highest BCUT2D eigenvalue weighted by molar-refractivity contribution is 5.73. The van der Waals surface area contributed by atoms with Crippen molar-refractivity contribution >= 4 is 5.57 Å². The van der Waals surface area contributed by atoms with Crippen LogP contribution < -0.4 is 10.1 Å².